The summed E-state index contributed by atoms with van der Waals surface area (Å²) in [6.07, 6.45) is 23.3. The number of hydrogen-bond acceptors (Lipinski definition) is 4. The van der Waals surface area contributed by atoms with E-state index in [0.29, 0.717) is 6.42 Å². The van der Waals surface area contributed by atoms with E-state index in [-0.39, 0.29) is 19.2 Å². The number of ether oxygens (including phenoxy) is 2. The molecule has 4 nitrogen and oxygen atoms in total. The topological polar surface area (TPSA) is 55.8 Å². The molecule has 0 heterocycles. The summed E-state index contributed by atoms with van der Waals surface area (Å²) in [7, 11) is 0. The molecule has 1 unspecified atom stereocenters. The standard InChI is InChI=1S/C28H54O4/c1-4-6-8-10-12-14-16-18-20-22-26(3)31-25-27(24-29)32-28(30)23-21-19-17-15-13-11-9-7-5-2/h27,29H,3-25H2,1-2H3. The Balaban J connectivity index is 3.61. The first-order valence-corrected chi connectivity index (χ1v) is 13.7. The van der Waals surface area contributed by atoms with Crippen LogP contribution >= 0.6 is 0 Å². The molecule has 1 N–H and O–H groups in total. The molecular formula is C28H54O4. The van der Waals surface area contributed by atoms with E-state index >= 15 is 0 Å². The molecular weight excluding hydrogens is 400 g/mol. The molecule has 0 saturated heterocycles. The van der Waals surface area contributed by atoms with Crippen molar-refractivity contribution in [2.45, 2.75) is 148 Å². The molecule has 0 aliphatic carbocycles. The molecule has 0 aromatic heterocycles. The van der Waals surface area contributed by atoms with E-state index in [1.165, 1.54) is 96.3 Å². The van der Waals surface area contributed by atoms with E-state index in [0.717, 1.165) is 31.4 Å². The Kier molecular flexibility index (Phi) is 23.8. The first-order chi connectivity index (χ1) is 15.6. The highest BCUT2D eigenvalue weighted by Gasteiger charge is 2.14. The van der Waals surface area contributed by atoms with Gasteiger partial charge in [-0.2, -0.15) is 0 Å². The van der Waals surface area contributed by atoms with Gasteiger partial charge >= 0.3 is 5.97 Å². The van der Waals surface area contributed by atoms with Gasteiger partial charge in [0.05, 0.1) is 12.4 Å². The van der Waals surface area contributed by atoms with E-state index in [9.17, 15) is 9.90 Å². The number of aliphatic hydroxyl groups is 1. The second kappa shape index (κ2) is 24.6. The molecule has 0 aromatic rings. The van der Waals surface area contributed by atoms with Crippen molar-refractivity contribution >= 4 is 5.97 Å². The highest BCUT2D eigenvalue weighted by molar-refractivity contribution is 5.69. The predicted octanol–water partition coefficient (Wildman–Crippen LogP) is 8.26. The van der Waals surface area contributed by atoms with Gasteiger partial charge < -0.3 is 14.6 Å². The lowest BCUT2D eigenvalue weighted by atomic mass is 10.1. The highest BCUT2D eigenvalue weighted by Crippen LogP contribution is 2.14. The predicted molar refractivity (Wildman–Crippen MR) is 136 cm³/mol. The number of allylic oxidation sites excluding steroid dienone is 1. The molecule has 0 bridgehead atoms. The van der Waals surface area contributed by atoms with Crippen LogP contribution in [-0.4, -0.2) is 30.4 Å². The second-order valence-corrected chi connectivity index (χ2v) is 9.30. The van der Waals surface area contributed by atoms with E-state index in [2.05, 4.69) is 20.4 Å². The Labute approximate surface area is 199 Å². The van der Waals surface area contributed by atoms with Crippen molar-refractivity contribution in [1.82, 2.24) is 0 Å². The Morgan fingerprint density at radius 1 is 0.688 bits per heavy atom. The monoisotopic (exact) mass is 454 g/mol. The van der Waals surface area contributed by atoms with E-state index in [1.54, 1.807) is 0 Å². The maximum absolute atomic E-state index is 12.0. The quantitative estimate of drug-likeness (QED) is 0.0856. The van der Waals surface area contributed by atoms with Crippen LogP contribution in [0, 0.1) is 0 Å². The summed E-state index contributed by atoms with van der Waals surface area (Å²) in [6.45, 7) is 8.43. The molecule has 0 aromatic carbocycles. The molecule has 0 spiro atoms. The molecule has 4 heteroatoms. The Morgan fingerprint density at radius 3 is 1.53 bits per heavy atom. The van der Waals surface area contributed by atoms with Crippen molar-refractivity contribution in [3.8, 4) is 0 Å². The third-order valence-corrected chi connectivity index (χ3v) is 6.02. The van der Waals surface area contributed by atoms with Gasteiger partial charge in [-0.3, -0.25) is 4.79 Å². The minimum atomic E-state index is -0.596. The van der Waals surface area contributed by atoms with Gasteiger partial charge in [0.15, 0.2) is 6.10 Å². The SMILES string of the molecule is C=C(CCCCCCCCCCC)OCC(CO)OC(=O)CCCCCCCCCCC. The minimum Gasteiger partial charge on any atom is -0.495 e. The number of hydrogen-bond donors (Lipinski definition) is 1. The van der Waals surface area contributed by atoms with Crippen molar-refractivity contribution in [2.24, 2.45) is 0 Å². The van der Waals surface area contributed by atoms with Gasteiger partial charge in [0.1, 0.15) is 6.61 Å². The van der Waals surface area contributed by atoms with Crippen molar-refractivity contribution < 1.29 is 19.4 Å². The van der Waals surface area contributed by atoms with E-state index in [4.69, 9.17) is 9.47 Å². The average molecular weight is 455 g/mol. The molecule has 32 heavy (non-hydrogen) atoms. The molecule has 0 radical (unpaired) electrons. The summed E-state index contributed by atoms with van der Waals surface area (Å²) in [5.41, 5.74) is 0. The van der Waals surface area contributed by atoms with Crippen LogP contribution in [0.1, 0.15) is 142 Å². The fraction of sp³-hybridized carbons (Fsp3) is 0.893. The Morgan fingerprint density at radius 2 is 1.09 bits per heavy atom. The van der Waals surface area contributed by atoms with Crippen LogP contribution in [0.2, 0.25) is 0 Å². The molecule has 0 fully saturated rings. The van der Waals surface area contributed by atoms with Gasteiger partial charge in [0.25, 0.3) is 0 Å². The first-order valence-electron chi connectivity index (χ1n) is 13.7. The Hall–Kier alpha value is -1.03. The lowest BCUT2D eigenvalue weighted by molar-refractivity contribution is -0.154. The van der Waals surface area contributed by atoms with Gasteiger partial charge in [-0.05, 0) is 12.8 Å². The number of unbranched alkanes of at least 4 members (excludes halogenated alkanes) is 16. The maximum Gasteiger partial charge on any atom is 0.306 e. The molecule has 1 atom stereocenters. The minimum absolute atomic E-state index is 0.191. The first kappa shape index (κ1) is 31.0. The van der Waals surface area contributed by atoms with Crippen LogP contribution in [0.4, 0.5) is 0 Å². The van der Waals surface area contributed by atoms with Crippen LogP contribution < -0.4 is 0 Å². The summed E-state index contributed by atoms with van der Waals surface area (Å²) in [5.74, 6) is 0.488. The van der Waals surface area contributed by atoms with Crippen LogP contribution in [0.25, 0.3) is 0 Å². The van der Waals surface area contributed by atoms with Crippen LogP contribution in [-0.2, 0) is 14.3 Å². The van der Waals surface area contributed by atoms with Crippen molar-refractivity contribution in [1.29, 1.82) is 0 Å². The summed E-state index contributed by atoms with van der Waals surface area (Å²) in [4.78, 5) is 12.0. The maximum atomic E-state index is 12.0. The normalized spacial score (nSPS) is 12.0. The molecule has 0 rings (SSSR count). The van der Waals surface area contributed by atoms with Crippen molar-refractivity contribution in [3.63, 3.8) is 0 Å². The molecule has 0 saturated carbocycles. The summed E-state index contributed by atoms with van der Waals surface area (Å²) in [6, 6.07) is 0. The smallest absolute Gasteiger partial charge is 0.306 e. The van der Waals surface area contributed by atoms with Gasteiger partial charge in [-0.15, -0.1) is 0 Å². The van der Waals surface area contributed by atoms with Crippen LogP contribution in [0.3, 0.4) is 0 Å². The van der Waals surface area contributed by atoms with Gasteiger partial charge in [-0.1, -0.05) is 123 Å². The zero-order chi connectivity index (χ0) is 23.7. The van der Waals surface area contributed by atoms with Gasteiger partial charge in [-0.25, -0.2) is 0 Å². The largest absolute Gasteiger partial charge is 0.495 e. The van der Waals surface area contributed by atoms with Crippen molar-refractivity contribution in [3.05, 3.63) is 12.3 Å². The van der Waals surface area contributed by atoms with Gasteiger partial charge in [0, 0.05) is 12.8 Å². The third kappa shape index (κ3) is 22.2. The number of carbonyl (C=O) groups excluding carboxylic acids is 1. The molecule has 0 aliphatic rings. The van der Waals surface area contributed by atoms with Crippen molar-refractivity contribution in [2.75, 3.05) is 13.2 Å². The number of aliphatic hydroxyl groups excluding tert-OH is 1. The lowest BCUT2D eigenvalue weighted by Crippen LogP contribution is -2.27. The molecule has 190 valence electrons. The number of carbonyl (C=O) groups is 1. The number of esters is 1. The van der Waals surface area contributed by atoms with E-state index in [1.807, 2.05) is 0 Å². The number of rotatable bonds is 25. The third-order valence-electron chi connectivity index (χ3n) is 6.02. The van der Waals surface area contributed by atoms with E-state index < -0.39 is 6.10 Å². The average Bonchev–Trinajstić information content (AvgIpc) is 2.79. The zero-order valence-electron chi connectivity index (χ0n) is 21.5. The molecule has 0 amide bonds. The lowest BCUT2D eigenvalue weighted by Gasteiger charge is -2.17. The van der Waals surface area contributed by atoms with Crippen LogP contribution in [0.5, 0.6) is 0 Å². The fourth-order valence-corrected chi connectivity index (χ4v) is 3.86. The summed E-state index contributed by atoms with van der Waals surface area (Å²) in [5, 5.41) is 9.48. The fourth-order valence-electron chi connectivity index (χ4n) is 3.86. The Bertz CT molecular complexity index is 422. The zero-order valence-corrected chi connectivity index (χ0v) is 21.5. The summed E-state index contributed by atoms with van der Waals surface area (Å²) >= 11 is 0. The highest BCUT2D eigenvalue weighted by atomic mass is 16.6. The van der Waals surface area contributed by atoms with Gasteiger partial charge in [0.2, 0.25) is 0 Å². The second-order valence-electron chi connectivity index (χ2n) is 9.30. The molecule has 0 aliphatic heterocycles. The summed E-state index contributed by atoms with van der Waals surface area (Å²) < 4.78 is 11.0. The van der Waals surface area contributed by atoms with Crippen LogP contribution in [0.15, 0.2) is 12.3 Å².